The molecule has 1 N–H and O–H groups in total. The van der Waals surface area contributed by atoms with E-state index in [-0.39, 0.29) is 6.03 Å². The molecule has 0 radical (unpaired) electrons. The highest BCUT2D eigenvalue weighted by Crippen LogP contribution is 2.17. The van der Waals surface area contributed by atoms with Crippen molar-refractivity contribution in [3.63, 3.8) is 0 Å². The molecule has 4 nitrogen and oxygen atoms in total. The van der Waals surface area contributed by atoms with Gasteiger partial charge in [-0.15, -0.1) is 0 Å². The van der Waals surface area contributed by atoms with E-state index in [0.29, 0.717) is 0 Å². The number of amides is 2. The summed E-state index contributed by atoms with van der Waals surface area (Å²) >= 11 is 0. The van der Waals surface area contributed by atoms with E-state index in [1.54, 1.807) is 0 Å². The molecule has 0 aliphatic carbocycles. The zero-order valence-corrected chi connectivity index (χ0v) is 10.5. The van der Waals surface area contributed by atoms with Gasteiger partial charge < -0.3 is 15.0 Å². The number of nitrogens with one attached hydrogen (secondary N) is 1. The topological polar surface area (TPSA) is 41.6 Å². The van der Waals surface area contributed by atoms with Gasteiger partial charge in [0.2, 0.25) is 0 Å². The third-order valence-electron chi connectivity index (χ3n) is 3.22. The predicted octanol–water partition coefficient (Wildman–Crippen LogP) is 1.85. The average molecular weight is 228 g/mol. The Hall–Kier alpha value is -0.770. The number of rotatable bonds is 5. The predicted molar refractivity (Wildman–Crippen MR) is 64.5 cm³/mol. The maximum atomic E-state index is 11.6. The molecule has 1 aliphatic rings. The normalized spacial score (nSPS) is 17.1. The van der Waals surface area contributed by atoms with Crippen LogP contribution in [-0.4, -0.2) is 43.8 Å². The molecule has 0 aromatic carbocycles. The van der Waals surface area contributed by atoms with Crippen molar-refractivity contribution < 1.29 is 9.53 Å². The van der Waals surface area contributed by atoms with Crippen LogP contribution in [0, 0.1) is 5.92 Å². The second-order valence-electron chi connectivity index (χ2n) is 4.25. The van der Waals surface area contributed by atoms with E-state index in [1.807, 2.05) is 18.7 Å². The summed E-state index contributed by atoms with van der Waals surface area (Å²) in [6.45, 7) is 8.12. The van der Waals surface area contributed by atoms with Crippen LogP contribution < -0.4 is 5.32 Å². The summed E-state index contributed by atoms with van der Waals surface area (Å²) in [4.78, 5) is 13.4. The number of carbonyl (C=O) groups is 1. The van der Waals surface area contributed by atoms with Crippen LogP contribution >= 0.6 is 0 Å². The van der Waals surface area contributed by atoms with Crippen LogP contribution in [0.5, 0.6) is 0 Å². The van der Waals surface area contributed by atoms with E-state index in [2.05, 4.69) is 5.32 Å². The molecule has 94 valence electrons. The van der Waals surface area contributed by atoms with Crippen molar-refractivity contribution in [1.82, 2.24) is 10.2 Å². The van der Waals surface area contributed by atoms with E-state index >= 15 is 0 Å². The summed E-state index contributed by atoms with van der Waals surface area (Å²) in [5, 5.41) is 2.98. The van der Waals surface area contributed by atoms with Crippen molar-refractivity contribution in [3.05, 3.63) is 0 Å². The number of hydrogen-bond acceptors (Lipinski definition) is 2. The summed E-state index contributed by atoms with van der Waals surface area (Å²) in [6, 6.07) is 0.0667. The van der Waals surface area contributed by atoms with Crippen molar-refractivity contribution in [2.24, 2.45) is 5.92 Å². The van der Waals surface area contributed by atoms with Gasteiger partial charge in [0.25, 0.3) is 0 Å². The van der Waals surface area contributed by atoms with E-state index in [4.69, 9.17) is 4.74 Å². The van der Waals surface area contributed by atoms with E-state index < -0.39 is 0 Å². The van der Waals surface area contributed by atoms with E-state index in [9.17, 15) is 4.79 Å². The Morgan fingerprint density at radius 2 is 1.94 bits per heavy atom. The lowest BCUT2D eigenvalue weighted by molar-refractivity contribution is 0.0640. The SMILES string of the molecule is CCN(CC)C(=O)NCCC1CCOCC1. The lowest BCUT2D eigenvalue weighted by Crippen LogP contribution is -2.40. The molecule has 0 aromatic heterocycles. The Morgan fingerprint density at radius 1 is 1.31 bits per heavy atom. The highest BCUT2D eigenvalue weighted by molar-refractivity contribution is 5.73. The molecule has 1 heterocycles. The first-order chi connectivity index (χ1) is 7.77. The number of urea groups is 1. The van der Waals surface area contributed by atoms with Gasteiger partial charge in [0.15, 0.2) is 0 Å². The van der Waals surface area contributed by atoms with Gasteiger partial charge in [0.1, 0.15) is 0 Å². The molecule has 1 saturated heterocycles. The van der Waals surface area contributed by atoms with Crippen LogP contribution in [0.4, 0.5) is 4.79 Å². The third kappa shape index (κ3) is 4.39. The van der Waals surface area contributed by atoms with Gasteiger partial charge in [-0.05, 0) is 39.0 Å². The Balaban J connectivity index is 2.11. The molecule has 4 heteroatoms. The lowest BCUT2D eigenvalue weighted by atomic mass is 9.97. The Bertz CT molecular complexity index is 199. The van der Waals surface area contributed by atoms with Crippen LogP contribution in [0.3, 0.4) is 0 Å². The number of ether oxygens (including phenoxy) is 1. The third-order valence-corrected chi connectivity index (χ3v) is 3.22. The van der Waals surface area contributed by atoms with Crippen LogP contribution in [0.15, 0.2) is 0 Å². The molecular weight excluding hydrogens is 204 g/mol. The van der Waals surface area contributed by atoms with Crippen LogP contribution in [0.25, 0.3) is 0 Å². The molecule has 0 unspecified atom stereocenters. The maximum absolute atomic E-state index is 11.6. The molecular formula is C12H24N2O2. The fraction of sp³-hybridized carbons (Fsp3) is 0.917. The molecule has 1 rings (SSSR count). The minimum Gasteiger partial charge on any atom is -0.381 e. The zero-order valence-electron chi connectivity index (χ0n) is 10.5. The largest absolute Gasteiger partial charge is 0.381 e. The quantitative estimate of drug-likeness (QED) is 0.780. The Morgan fingerprint density at radius 3 is 2.50 bits per heavy atom. The van der Waals surface area contributed by atoms with Gasteiger partial charge in [-0.3, -0.25) is 0 Å². The van der Waals surface area contributed by atoms with Crippen molar-refractivity contribution >= 4 is 6.03 Å². The van der Waals surface area contributed by atoms with Gasteiger partial charge in [0, 0.05) is 32.8 Å². The Labute approximate surface area is 98.3 Å². The van der Waals surface area contributed by atoms with Crippen LogP contribution in [0.1, 0.15) is 33.1 Å². The minimum absolute atomic E-state index is 0.0667. The fourth-order valence-electron chi connectivity index (χ4n) is 2.04. The Kier molecular flexibility index (Phi) is 6.23. The number of carbonyl (C=O) groups excluding carboxylic acids is 1. The van der Waals surface area contributed by atoms with Crippen LogP contribution in [0.2, 0.25) is 0 Å². The highest BCUT2D eigenvalue weighted by Gasteiger charge is 2.14. The average Bonchev–Trinajstić information content (AvgIpc) is 2.32. The first-order valence-electron chi connectivity index (χ1n) is 6.38. The molecule has 0 aromatic rings. The standard InChI is InChI=1S/C12H24N2O2/c1-3-14(4-2)12(15)13-8-5-11-6-9-16-10-7-11/h11H,3-10H2,1-2H3,(H,13,15). The number of nitrogens with zero attached hydrogens (tertiary/aromatic N) is 1. The van der Waals surface area contributed by atoms with Gasteiger partial charge >= 0.3 is 6.03 Å². The second kappa shape index (κ2) is 7.49. The first kappa shape index (κ1) is 13.3. The fourth-order valence-corrected chi connectivity index (χ4v) is 2.04. The van der Waals surface area contributed by atoms with Gasteiger partial charge in [-0.1, -0.05) is 0 Å². The van der Waals surface area contributed by atoms with Gasteiger partial charge in [-0.2, -0.15) is 0 Å². The summed E-state index contributed by atoms with van der Waals surface area (Å²) in [5.41, 5.74) is 0. The molecule has 0 saturated carbocycles. The molecule has 1 fully saturated rings. The summed E-state index contributed by atoms with van der Waals surface area (Å²) in [7, 11) is 0. The maximum Gasteiger partial charge on any atom is 0.317 e. The molecule has 16 heavy (non-hydrogen) atoms. The minimum atomic E-state index is 0.0667. The van der Waals surface area contributed by atoms with E-state index in [1.165, 1.54) is 0 Å². The summed E-state index contributed by atoms with van der Waals surface area (Å²) in [5.74, 6) is 0.728. The first-order valence-corrected chi connectivity index (χ1v) is 6.38. The van der Waals surface area contributed by atoms with Crippen molar-refractivity contribution in [2.75, 3.05) is 32.8 Å². The number of hydrogen-bond donors (Lipinski definition) is 1. The molecule has 0 bridgehead atoms. The van der Waals surface area contributed by atoms with Crippen molar-refractivity contribution in [1.29, 1.82) is 0 Å². The second-order valence-corrected chi connectivity index (χ2v) is 4.25. The van der Waals surface area contributed by atoms with Gasteiger partial charge in [0.05, 0.1) is 0 Å². The molecule has 1 aliphatic heterocycles. The van der Waals surface area contributed by atoms with Crippen LogP contribution in [-0.2, 0) is 4.74 Å². The lowest BCUT2D eigenvalue weighted by Gasteiger charge is -2.23. The van der Waals surface area contributed by atoms with E-state index in [0.717, 1.165) is 58.0 Å². The summed E-state index contributed by atoms with van der Waals surface area (Å²) < 4.78 is 5.30. The summed E-state index contributed by atoms with van der Waals surface area (Å²) in [6.07, 6.45) is 3.36. The molecule has 2 amide bonds. The van der Waals surface area contributed by atoms with Crippen molar-refractivity contribution in [2.45, 2.75) is 33.1 Å². The molecule has 0 spiro atoms. The van der Waals surface area contributed by atoms with Gasteiger partial charge in [-0.25, -0.2) is 4.79 Å². The molecule has 0 atom stereocenters. The highest BCUT2D eigenvalue weighted by atomic mass is 16.5. The smallest absolute Gasteiger partial charge is 0.317 e. The zero-order chi connectivity index (χ0) is 11.8. The monoisotopic (exact) mass is 228 g/mol. The van der Waals surface area contributed by atoms with Crippen molar-refractivity contribution in [3.8, 4) is 0 Å².